The largest absolute Gasteiger partial charge is 0.477 e. The Morgan fingerprint density at radius 1 is 1.27 bits per heavy atom. The van der Waals surface area contributed by atoms with E-state index < -0.39 is 0 Å². The zero-order valence-electron chi connectivity index (χ0n) is 13.1. The smallest absolute Gasteiger partial charge is 0.232 e. The Bertz CT molecular complexity index is 486. The Morgan fingerprint density at radius 2 is 2.18 bits per heavy atom. The fraction of sp³-hybridized carbons (Fsp3) is 0.765. The van der Waals surface area contributed by atoms with Crippen molar-refractivity contribution in [1.82, 2.24) is 14.9 Å². The highest BCUT2D eigenvalue weighted by molar-refractivity contribution is 5.04. The topological polar surface area (TPSA) is 47.5 Å². The van der Waals surface area contributed by atoms with Crippen LogP contribution in [0.3, 0.4) is 0 Å². The first-order valence-electron chi connectivity index (χ1n) is 8.60. The van der Waals surface area contributed by atoms with E-state index >= 15 is 0 Å². The molecule has 1 spiro atoms. The molecular weight excluding hydrogens is 278 g/mol. The fourth-order valence-electron chi connectivity index (χ4n) is 3.99. The lowest BCUT2D eigenvalue weighted by atomic mass is 9.76. The lowest BCUT2D eigenvalue weighted by molar-refractivity contribution is -0.195. The summed E-state index contributed by atoms with van der Waals surface area (Å²) in [6.07, 6.45) is 12.7. The Morgan fingerprint density at radius 3 is 2.91 bits per heavy atom. The van der Waals surface area contributed by atoms with Crippen LogP contribution in [0.15, 0.2) is 18.6 Å². The molecule has 2 saturated heterocycles. The van der Waals surface area contributed by atoms with E-state index in [4.69, 9.17) is 9.47 Å². The third kappa shape index (κ3) is 2.97. The second kappa shape index (κ2) is 6.13. The number of nitrogens with zero attached hydrogens (tertiary/aromatic N) is 3. The summed E-state index contributed by atoms with van der Waals surface area (Å²) in [6, 6.07) is 0.856. The summed E-state index contributed by atoms with van der Waals surface area (Å²) < 4.78 is 11.8. The number of hydrogen-bond acceptors (Lipinski definition) is 5. The van der Waals surface area contributed by atoms with Crippen LogP contribution in [0.25, 0.3) is 0 Å². The standard InChI is InChI=1S/C17H25N3O2/c1-2-15(3-1)20-12-17(13-20)10-14(5-9-22-17)4-8-21-16-11-18-6-7-19-16/h6-7,11,14-15H,1-5,8-10,12-13H2. The first-order chi connectivity index (χ1) is 10.8. The molecule has 1 atom stereocenters. The molecule has 1 aromatic heterocycles. The molecule has 3 aliphatic rings. The van der Waals surface area contributed by atoms with Gasteiger partial charge in [-0.1, -0.05) is 6.42 Å². The van der Waals surface area contributed by atoms with Crippen LogP contribution in [-0.4, -0.2) is 52.8 Å². The molecule has 0 aromatic carbocycles. The highest BCUT2D eigenvalue weighted by Crippen LogP contribution is 2.41. The maximum atomic E-state index is 6.14. The van der Waals surface area contributed by atoms with E-state index in [9.17, 15) is 0 Å². The Balaban J connectivity index is 1.22. The lowest BCUT2D eigenvalue weighted by Gasteiger charge is -2.57. The Kier molecular flexibility index (Phi) is 4.01. The van der Waals surface area contributed by atoms with Crippen LogP contribution in [0, 0.1) is 5.92 Å². The van der Waals surface area contributed by atoms with Crippen molar-refractivity contribution in [1.29, 1.82) is 0 Å². The molecule has 2 aliphatic heterocycles. The van der Waals surface area contributed by atoms with Gasteiger partial charge >= 0.3 is 0 Å². The van der Waals surface area contributed by atoms with Crippen molar-refractivity contribution < 1.29 is 9.47 Å². The summed E-state index contributed by atoms with van der Waals surface area (Å²) in [5, 5.41) is 0. The number of aromatic nitrogens is 2. The maximum Gasteiger partial charge on any atom is 0.232 e. The van der Waals surface area contributed by atoms with Crippen molar-refractivity contribution in [2.24, 2.45) is 5.92 Å². The molecular formula is C17H25N3O2. The Hall–Kier alpha value is -1.20. The molecule has 4 rings (SSSR count). The summed E-state index contributed by atoms with van der Waals surface area (Å²) in [5.74, 6) is 1.35. The molecule has 0 N–H and O–H groups in total. The minimum atomic E-state index is 0.158. The minimum absolute atomic E-state index is 0.158. The van der Waals surface area contributed by atoms with Gasteiger partial charge in [0.1, 0.15) is 0 Å². The fourth-order valence-corrected chi connectivity index (χ4v) is 3.99. The van der Waals surface area contributed by atoms with Gasteiger partial charge in [-0.3, -0.25) is 9.88 Å². The Labute approximate surface area is 132 Å². The van der Waals surface area contributed by atoms with Crippen LogP contribution in [0.5, 0.6) is 5.88 Å². The summed E-state index contributed by atoms with van der Waals surface area (Å²) >= 11 is 0. The van der Waals surface area contributed by atoms with Crippen LogP contribution < -0.4 is 4.74 Å². The molecule has 1 unspecified atom stereocenters. The van der Waals surface area contributed by atoms with Gasteiger partial charge in [0.25, 0.3) is 0 Å². The van der Waals surface area contributed by atoms with Gasteiger partial charge in [-0.25, -0.2) is 4.98 Å². The van der Waals surface area contributed by atoms with Crippen LogP contribution in [0.1, 0.15) is 38.5 Å². The molecule has 120 valence electrons. The molecule has 0 bridgehead atoms. The third-order valence-corrected chi connectivity index (χ3v) is 5.48. The molecule has 3 heterocycles. The van der Waals surface area contributed by atoms with E-state index in [-0.39, 0.29) is 5.60 Å². The van der Waals surface area contributed by atoms with Gasteiger partial charge < -0.3 is 9.47 Å². The van der Waals surface area contributed by atoms with Gasteiger partial charge in [0.2, 0.25) is 5.88 Å². The molecule has 1 aromatic rings. The van der Waals surface area contributed by atoms with E-state index in [1.807, 2.05) is 0 Å². The van der Waals surface area contributed by atoms with Crippen molar-refractivity contribution in [3.05, 3.63) is 18.6 Å². The molecule has 1 saturated carbocycles. The maximum absolute atomic E-state index is 6.14. The van der Waals surface area contributed by atoms with Crippen LogP contribution in [0.2, 0.25) is 0 Å². The minimum Gasteiger partial charge on any atom is -0.477 e. The molecule has 22 heavy (non-hydrogen) atoms. The van der Waals surface area contributed by atoms with E-state index in [0.29, 0.717) is 11.8 Å². The first kappa shape index (κ1) is 14.4. The third-order valence-electron chi connectivity index (χ3n) is 5.48. The average molecular weight is 303 g/mol. The second-order valence-electron chi connectivity index (χ2n) is 7.06. The van der Waals surface area contributed by atoms with Gasteiger partial charge in [-0.2, -0.15) is 0 Å². The first-order valence-corrected chi connectivity index (χ1v) is 8.60. The van der Waals surface area contributed by atoms with E-state index in [1.54, 1.807) is 18.6 Å². The summed E-state index contributed by atoms with van der Waals surface area (Å²) in [6.45, 7) is 3.94. The molecule has 0 amide bonds. The highest BCUT2D eigenvalue weighted by Gasteiger charge is 2.49. The van der Waals surface area contributed by atoms with Gasteiger partial charge in [0.15, 0.2) is 0 Å². The monoisotopic (exact) mass is 303 g/mol. The number of rotatable bonds is 5. The molecule has 5 nitrogen and oxygen atoms in total. The van der Waals surface area contributed by atoms with Crippen molar-refractivity contribution >= 4 is 0 Å². The van der Waals surface area contributed by atoms with Crippen LogP contribution >= 0.6 is 0 Å². The molecule has 3 fully saturated rings. The van der Waals surface area contributed by atoms with Gasteiger partial charge in [-0.05, 0) is 38.0 Å². The predicted octanol–water partition coefficient (Wildman–Crippen LogP) is 2.28. The van der Waals surface area contributed by atoms with E-state index in [0.717, 1.165) is 45.2 Å². The lowest BCUT2D eigenvalue weighted by Crippen LogP contribution is -2.68. The summed E-state index contributed by atoms with van der Waals surface area (Å²) in [5.41, 5.74) is 0.158. The SMILES string of the molecule is c1cnc(OCCC2CCOC3(C2)CN(C2CCC2)C3)cn1. The van der Waals surface area contributed by atoms with E-state index in [2.05, 4.69) is 14.9 Å². The quantitative estimate of drug-likeness (QED) is 0.835. The zero-order chi connectivity index (χ0) is 14.8. The summed E-state index contributed by atoms with van der Waals surface area (Å²) in [7, 11) is 0. The van der Waals surface area contributed by atoms with Crippen molar-refractivity contribution in [2.75, 3.05) is 26.3 Å². The van der Waals surface area contributed by atoms with Crippen molar-refractivity contribution in [3.63, 3.8) is 0 Å². The highest BCUT2D eigenvalue weighted by atomic mass is 16.5. The number of hydrogen-bond donors (Lipinski definition) is 0. The summed E-state index contributed by atoms with van der Waals surface area (Å²) in [4.78, 5) is 10.8. The predicted molar refractivity (Wildman–Crippen MR) is 82.8 cm³/mol. The van der Waals surface area contributed by atoms with Gasteiger partial charge in [-0.15, -0.1) is 0 Å². The van der Waals surface area contributed by atoms with Crippen LogP contribution in [0.4, 0.5) is 0 Å². The van der Waals surface area contributed by atoms with Gasteiger partial charge in [0.05, 0.1) is 18.4 Å². The average Bonchev–Trinajstić information content (AvgIpc) is 2.46. The van der Waals surface area contributed by atoms with Crippen molar-refractivity contribution in [3.8, 4) is 5.88 Å². The molecule has 5 heteroatoms. The second-order valence-corrected chi connectivity index (χ2v) is 7.06. The normalized spacial score (nSPS) is 28.1. The zero-order valence-corrected chi connectivity index (χ0v) is 13.1. The number of likely N-dealkylation sites (tertiary alicyclic amines) is 1. The molecule has 0 radical (unpaired) electrons. The van der Waals surface area contributed by atoms with Crippen LogP contribution in [-0.2, 0) is 4.74 Å². The van der Waals surface area contributed by atoms with Crippen molar-refractivity contribution in [2.45, 2.75) is 50.2 Å². The molecule has 1 aliphatic carbocycles. The van der Waals surface area contributed by atoms with Gasteiger partial charge in [0, 0.05) is 38.1 Å². The number of ether oxygens (including phenoxy) is 2. The van der Waals surface area contributed by atoms with E-state index in [1.165, 1.54) is 25.7 Å².